The van der Waals surface area contributed by atoms with Crippen LogP contribution in [0.4, 0.5) is 5.82 Å². The highest BCUT2D eigenvalue weighted by molar-refractivity contribution is 7.80. The first-order valence-electron chi connectivity index (χ1n) is 16.8. The van der Waals surface area contributed by atoms with Gasteiger partial charge in [-0.1, -0.05) is 147 Å². The molecule has 6 aromatic carbocycles. The zero-order valence-electron chi connectivity index (χ0n) is 28.0. The highest BCUT2D eigenvalue weighted by Gasteiger charge is 2.35. The highest BCUT2D eigenvalue weighted by Crippen LogP contribution is 2.43. The largest absolute Gasteiger partial charge is 0.497 e. The third-order valence-corrected chi connectivity index (χ3v) is 12.1. The number of benzene rings is 6. The van der Waals surface area contributed by atoms with Crippen LogP contribution in [0.25, 0.3) is 32.8 Å². The number of nitrogens with zero attached hydrogens (tertiary/aromatic N) is 2. The fourth-order valence-corrected chi connectivity index (χ4v) is 9.26. The molecule has 0 radical (unpaired) electrons. The maximum atomic E-state index is 11.9. The molecule has 2 N–H and O–H groups in total. The summed E-state index contributed by atoms with van der Waals surface area (Å²) in [7, 11) is 0.744. The predicted molar refractivity (Wildman–Crippen MR) is 206 cm³/mol. The summed E-state index contributed by atoms with van der Waals surface area (Å²) in [6.45, 7) is 4.06. The second-order valence-electron chi connectivity index (χ2n) is 12.3. The Morgan fingerprint density at radius 2 is 1.24 bits per heavy atom. The molecule has 49 heavy (non-hydrogen) atoms. The number of methoxy groups -OCH3 is 1. The maximum absolute atomic E-state index is 11.9. The molecule has 0 amide bonds. The van der Waals surface area contributed by atoms with Gasteiger partial charge in [-0.2, -0.15) is 0 Å². The van der Waals surface area contributed by atoms with Crippen LogP contribution in [-0.2, 0) is 0 Å². The van der Waals surface area contributed by atoms with E-state index in [1.165, 1.54) is 15.9 Å². The summed E-state index contributed by atoms with van der Waals surface area (Å²) in [6, 6.07) is 50.3. The maximum Gasteiger partial charge on any atom is 0.157 e. The molecule has 0 bridgehead atoms. The van der Waals surface area contributed by atoms with Gasteiger partial charge in [-0.3, -0.25) is 0 Å². The van der Waals surface area contributed by atoms with Crippen LogP contribution in [0.3, 0.4) is 0 Å². The van der Waals surface area contributed by atoms with E-state index in [2.05, 4.69) is 121 Å². The lowest BCUT2D eigenvalue weighted by molar-refractivity contribution is 0.0121. The van der Waals surface area contributed by atoms with Gasteiger partial charge in [0.15, 0.2) is 5.82 Å². The van der Waals surface area contributed by atoms with Gasteiger partial charge >= 0.3 is 0 Å². The average Bonchev–Trinajstić information content (AvgIpc) is 3.17. The van der Waals surface area contributed by atoms with Crippen molar-refractivity contribution in [3.63, 3.8) is 0 Å². The molecule has 5 nitrogen and oxygen atoms in total. The van der Waals surface area contributed by atoms with E-state index in [9.17, 15) is 5.11 Å². The molecule has 0 aliphatic rings. The number of ether oxygens (including phenoxy) is 1. The third-order valence-electron chi connectivity index (χ3n) is 9.58. The second-order valence-corrected chi connectivity index (χ2v) is 14.5. The zero-order chi connectivity index (χ0) is 33.8. The molecule has 6 heteroatoms. The minimum Gasteiger partial charge on any atom is -0.497 e. The van der Waals surface area contributed by atoms with E-state index < -0.39 is 13.5 Å². The van der Waals surface area contributed by atoms with Crippen LogP contribution in [0.1, 0.15) is 38.3 Å². The van der Waals surface area contributed by atoms with Crippen LogP contribution in [0.15, 0.2) is 146 Å². The van der Waals surface area contributed by atoms with Gasteiger partial charge in [-0.15, -0.1) is 10.2 Å². The molecule has 7 rings (SSSR count). The first-order valence-corrected chi connectivity index (χ1v) is 18.2. The molecular formula is C43H40N3O2P. The van der Waals surface area contributed by atoms with Gasteiger partial charge in [0, 0.05) is 16.3 Å². The molecular weight excluding hydrogens is 621 g/mol. The van der Waals surface area contributed by atoms with Gasteiger partial charge in [0.1, 0.15) is 11.4 Å². The van der Waals surface area contributed by atoms with Crippen LogP contribution < -0.4 is 26.0 Å². The fraction of sp³-hybridized carbons (Fsp3) is 0.163. The van der Waals surface area contributed by atoms with E-state index in [1.807, 2.05) is 44.2 Å². The Kier molecular flexibility index (Phi) is 9.39. The third kappa shape index (κ3) is 6.28. The molecule has 0 spiro atoms. The molecule has 0 aliphatic heterocycles. The predicted octanol–water partition coefficient (Wildman–Crippen LogP) is 8.92. The number of aromatic nitrogens is 2. The SMILES string of the molecule is CCC(O)(CC)C(Nc1nnc(-c2c(P(c3ccccc3)c3ccccc3)ccc3ccc(OC)cc23)c2ccccc12)c1ccccc1. The van der Waals surface area contributed by atoms with Crippen LogP contribution in [0, 0.1) is 0 Å². The number of aliphatic hydroxyl groups is 1. The molecule has 0 saturated carbocycles. The van der Waals surface area contributed by atoms with Crippen molar-refractivity contribution in [2.45, 2.75) is 38.3 Å². The summed E-state index contributed by atoms with van der Waals surface area (Å²) in [5.41, 5.74) is 1.88. The summed E-state index contributed by atoms with van der Waals surface area (Å²) >= 11 is 0. The fourth-order valence-electron chi connectivity index (χ4n) is 6.79. The van der Waals surface area contributed by atoms with Crippen molar-refractivity contribution in [1.29, 1.82) is 0 Å². The van der Waals surface area contributed by atoms with Gasteiger partial charge in [0.2, 0.25) is 0 Å². The van der Waals surface area contributed by atoms with Gasteiger partial charge in [0.25, 0.3) is 0 Å². The Morgan fingerprint density at radius 3 is 1.86 bits per heavy atom. The summed E-state index contributed by atoms with van der Waals surface area (Å²) < 4.78 is 5.76. The number of anilines is 1. The molecule has 244 valence electrons. The van der Waals surface area contributed by atoms with E-state index in [4.69, 9.17) is 14.9 Å². The summed E-state index contributed by atoms with van der Waals surface area (Å²) in [5.74, 6) is 1.43. The standard InChI is InChI=1S/C43H40N3O2P/c1-4-43(47,5-2)41(31-17-9-6-10-18-31)44-42-36-24-16-15-23-35(36)40(45-46-42)39-37-29-32(48-3)27-25-30(37)26-28-38(39)49(33-19-11-7-12-20-33)34-21-13-8-14-22-34/h6-29,41,47H,4-5H2,1-3H3,(H,44,46). The smallest absolute Gasteiger partial charge is 0.157 e. The Labute approximate surface area is 289 Å². The number of hydrogen-bond donors (Lipinski definition) is 2. The molecule has 0 saturated heterocycles. The number of fused-ring (bicyclic) bond motifs is 2. The van der Waals surface area contributed by atoms with E-state index in [0.717, 1.165) is 44.1 Å². The molecule has 7 aromatic rings. The quantitative estimate of drug-likeness (QED) is 0.136. The Hall–Kier alpha value is -5.09. The molecule has 1 heterocycles. The molecule has 1 unspecified atom stereocenters. The number of nitrogens with one attached hydrogen (secondary N) is 1. The first-order chi connectivity index (χ1) is 24.0. The van der Waals surface area contributed by atoms with Crippen LogP contribution >= 0.6 is 7.92 Å². The monoisotopic (exact) mass is 661 g/mol. The lowest BCUT2D eigenvalue weighted by atomic mass is 9.84. The Balaban J connectivity index is 1.49. The Morgan fingerprint density at radius 1 is 0.673 bits per heavy atom. The lowest BCUT2D eigenvalue weighted by Gasteiger charge is -2.36. The van der Waals surface area contributed by atoms with Crippen molar-refractivity contribution >= 4 is 51.2 Å². The Bertz CT molecular complexity index is 2150. The van der Waals surface area contributed by atoms with Crippen LogP contribution in [0.2, 0.25) is 0 Å². The van der Waals surface area contributed by atoms with Crippen LogP contribution in [-0.4, -0.2) is 28.0 Å². The lowest BCUT2D eigenvalue weighted by Crippen LogP contribution is -2.39. The first kappa shape index (κ1) is 32.5. The number of hydrogen-bond acceptors (Lipinski definition) is 5. The van der Waals surface area contributed by atoms with E-state index >= 15 is 0 Å². The second kappa shape index (κ2) is 14.2. The molecule has 0 aliphatic carbocycles. The van der Waals surface area contributed by atoms with Crippen molar-refractivity contribution in [2.75, 3.05) is 12.4 Å². The van der Waals surface area contributed by atoms with Gasteiger partial charge in [-0.25, -0.2) is 0 Å². The molecule has 0 fully saturated rings. The van der Waals surface area contributed by atoms with E-state index in [-0.39, 0.29) is 6.04 Å². The van der Waals surface area contributed by atoms with Gasteiger partial charge < -0.3 is 15.2 Å². The minimum absolute atomic E-state index is 0.381. The normalized spacial score (nSPS) is 12.3. The minimum atomic E-state index is -0.983. The van der Waals surface area contributed by atoms with Crippen molar-refractivity contribution in [2.24, 2.45) is 0 Å². The molecule has 1 atom stereocenters. The van der Waals surface area contributed by atoms with Crippen LogP contribution in [0.5, 0.6) is 5.75 Å². The summed E-state index contributed by atoms with van der Waals surface area (Å²) in [5, 5.41) is 33.3. The van der Waals surface area contributed by atoms with Crippen molar-refractivity contribution < 1.29 is 9.84 Å². The molecule has 1 aromatic heterocycles. The van der Waals surface area contributed by atoms with E-state index in [0.29, 0.717) is 18.7 Å². The van der Waals surface area contributed by atoms with Gasteiger partial charge in [-0.05, 0) is 65.1 Å². The van der Waals surface area contributed by atoms with Crippen molar-refractivity contribution in [3.05, 3.63) is 151 Å². The van der Waals surface area contributed by atoms with Crippen molar-refractivity contribution in [1.82, 2.24) is 10.2 Å². The average molecular weight is 662 g/mol. The summed E-state index contributed by atoms with van der Waals surface area (Å²) in [4.78, 5) is 0. The van der Waals surface area contributed by atoms with E-state index in [1.54, 1.807) is 7.11 Å². The number of rotatable bonds is 11. The zero-order valence-corrected chi connectivity index (χ0v) is 28.9. The van der Waals surface area contributed by atoms with Crippen molar-refractivity contribution in [3.8, 4) is 17.0 Å². The van der Waals surface area contributed by atoms with Gasteiger partial charge in [0.05, 0.1) is 18.8 Å². The summed E-state index contributed by atoms with van der Waals surface area (Å²) in [6.07, 6.45) is 1.17. The topological polar surface area (TPSA) is 67.3 Å². The highest BCUT2D eigenvalue weighted by atomic mass is 31.1.